The first-order chi connectivity index (χ1) is 8.63. The molecule has 0 fully saturated rings. The van der Waals surface area contributed by atoms with Crippen LogP contribution in [0.15, 0.2) is 53.4 Å². The number of carboxylic acid groups (broad SMARTS) is 1. The second kappa shape index (κ2) is 5.33. The standard InChI is InChI=1S/C15H12O2S.Na.H/c1-15(14(16)17)12-8-4-2-6-10(12)11-7-3-5-9-13(11)18-15;;/h2-9H,1H3,(H,16,17);;. The molecule has 2 aromatic rings. The number of carbonyl (C=O) groups is 1. The molecule has 0 saturated heterocycles. The van der Waals surface area contributed by atoms with Gasteiger partial charge in [0.2, 0.25) is 0 Å². The van der Waals surface area contributed by atoms with Crippen LogP contribution in [0.1, 0.15) is 12.5 Å². The van der Waals surface area contributed by atoms with E-state index in [-0.39, 0.29) is 29.6 Å². The monoisotopic (exact) mass is 280 g/mol. The van der Waals surface area contributed by atoms with Crippen LogP contribution >= 0.6 is 11.8 Å². The van der Waals surface area contributed by atoms with Gasteiger partial charge < -0.3 is 5.11 Å². The molecule has 2 aromatic carbocycles. The van der Waals surface area contributed by atoms with E-state index in [1.165, 1.54) is 11.8 Å². The van der Waals surface area contributed by atoms with Gasteiger partial charge in [0, 0.05) is 4.90 Å². The summed E-state index contributed by atoms with van der Waals surface area (Å²) >= 11 is 1.41. The van der Waals surface area contributed by atoms with E-state index < -0.39 is 10.7 Å². The SMILES string of the molecule is CC1(C(=O)O)Sc2ccccc2-c2ccccc21.[NaH]. The summed E-state index contributed by atoms with van der Waals surface area (Å²) in [4.78, 5) is 12.7. The molecule has 0 saturated carbocycles. The van der Waals surface area contributed by atoms with Crippen molar-refractivity contribution in [2.45, 2.75) is 16.6 Å². The molecule has 1 aliphatic rings. The van der Waals surface area contributed by atoms with Gasteiger partial charge in [-0.25, -0.2) is 0 Å². The van der Waals surface area contributed by atoms with E-state index in [0.29, 0.717) is 0 Å². The number of benzene rings is 2. The summed E-state index contributed by atoms with van der Waals surface area (Å²) in [7, 11) is 0. The van der Waals surface area contributed by atoms with Crippen molar-refractivity contribution >= 4 is 47.3 Å². The van der Waals surface area contributed by atoms with E-state index in [1.807, 2.05) is 48.5 Å². The number of rotatable bonds is 1. The van der Waals surface area contributed by atoms with Gasteiger partial charge in [-0.3, -0.25) is 4.79 Å². The van der Waals surface area contributed by atoms with Crippen molar-refractivity contribution < 1.29 is 9.90 Å². The van der Waals surface area contributed by atoms with Gasteiger partial charge in [-0.1, -0.05) is 42.5 Å². The molecule has 1 unspecified atom stereocenters. The van der Waals surface area contributed by atoms with Crippen LogP contribution in [0.5, 0.6) is 0 Å². The van der Waals surface area contributed by atoms with Crippen molar-refractivity contribution in [2.75, 3.05) is 0 Å². The Morgan fingerprint density at radius 3 is 2.32 bits per heavy atom. The quantitative estimate of drug-likeness (QED) is 0.816. The van der Waals surface area contributed by atoms with Crippen LogP contribution in [0.4, 0.5) is 0 Å². The van der Waals surface area contributed by atoms with Gasteiger partial charge in [-0.05, 0) is 29.7 Å². The predicted molar refractivity (Wildman–Crippen MR) is 79.9 cm³/mol. The Hall–Kier alpha value is -0.740. The van der Waals surface area contributed by atoms with Gasteiger partial charge in [0.15, 0.2) is 0 Å². The van der Waals surface area contributed by atoms with E-state index in [1.54, 1.807) is 6.92 Å². The molecule has 1 aliphatic heterocycles. The third-order valence-electron chi connectivity index (χ3n) is 3.34. The Balaban J connectivity index is 0.00000133. The summed E-state index contributed by atoms with van der Waals surface area (Å²) < 4.78 is -0.912. The topological polar surface area (TPSA) is 37.3 Å². The maximum atomic E-state index is 11.6. The molecule has 0 amide bonds. The Labute approximate surface area is 138 Å². The van der Waals surface area contributed by atoms with E-state index in [2.05, 4.69) is 0 Å². The van der Waals surface area contributed by atoms with Crippen molar-refractivity contribution in [2.24, 2.45) is 0 Å². The molecule has 0 aromatic heterocycles. The first-order valence-electron chi connectivity index (χ1n) is 5.74. The Kier molecular flexibility index (Phi) is 4.11. The zero-order valence-corrected chi connectivity index (χ0v) is 10.7. The summed E-state index contributed by atoms with van der Waals surface area (Å²) in [6.45, 7) is 1.77. The first kappa shape index (κ1) is 14.7. The van der Waals surface area contributed by atoms with Crippen LogP contribution in [0.2, 0.25) is 0 Å². The number of hydrogen-bond acceptors (Lipinski definition) is 2. The average molecular weight is 280 g/mol. The second-order valence-electron chi connectivity index (χ2n) is 4.48. The van der Waals surface area contributed by atoms with Gasteiger partial charge in [-0.15, -0.1) is 11.8 Å². The van der Waals surface area contributed by atoms with Crippen molar-refractivity contribution in [3.63, 3.8) is 0 Å². The van der Waals surface area contributed by atoms with Gasteiger partial charge in [0.25, 0.3) is 0 Å². The fourth-order valence-electron chi connectivity index (χ4n) is 2.35. The number of hydrogen-bond donors (Lipinski definition) is 1. The van der Waals surface area contributed by atoms with E-state index in [0.717, 1.165) is 21.6 Å². The maximum absolute atomic E-state index is 11.6. The van der Waals surface area contributed by atoms with Crippen molar-refractivity contribution in [1.82, 2.24) is 0 Å². The molecule has 4 heteroatoms. The molecular weight excluding hydrogens is 267 g/mol. The normalized spacial score (nSPS) is 19.8. The summed E-state index contributed by atoms with van der Waals surface area (Å²) in [6, 6.07) is 15.7. The fraction of sp³-hybridized carbons (Fsp3) is 0.133. The van der Waals surface area contributed by atoms with Gasteiger partial charge >= 0.3 is 35.5 Å². The molecule has 1 heterocycles. The zero-order valence-electron chi connectivity index (χ0n) is 9.88. The van der Waals surface area contributed by atoms with E-state index in [9.17, 15) is 9.90 Å². The summed E-state index contributed by atoms with van der Waals surface area (Å²) in [6.07, 6.45) is 0. The second-order valence-corrected chi connectivity index (χ2v) is 5.94. The number of fused-ring (bicyclic) bond motifs is 3. The number of thioether (sulfide) groups is 1. The summed E-state index contributed by atoms with van der Waals surface area (Å²) in [5.74, 6) is -0.797. The third-order valence-corrected chi connectivity index (χ3v) is 4.72. The van der Waals surface area contributed by atoms with Crippen LogP contribution in [0, 0.1) is 0 Å². The van der Waals surface area contributed by atoms with Crippen LogP contribution in [-0.4, -0.2) is 40.6 Å². The van der Waals surface area contributed by atoms with Crippen molar-refractivity contribution in [1.29, 1.82) is 0 Å². The van der Waals surface area contributed by atoms with E-state index >= 15 is 0 Å². The molecule has 0 aliphatic carbocycles. The minimum atomic E-state index is -0.912. The van der Waals surface area contributed by atoms with Crippen molar-refractivity contribution in [3.8, 4) is 11.1 Å². The Morgan fingerprint density at radius 1 is 1.05 bits per heavy atom. The molecule has 1 atom stereocenters. The van der Waals surface area contributed by atoms with Gasteiger partial charge in [-0.2, -0.15) is 0 Å². The molecule has 92 valence electrons. The predicted octanol–water partition coefficient (Wildman–Crippen LogP) is 3.11. The average Bonchev–Trinajstić information content (AvgIpc) is 2.39. The third kappa shape index (κ3) is 2.25. The Morgan fingerprint density at radius 2 is 1.63 bits per heavy atom. The molecule has 2 nitrogen and oxygen atoms in total. The van der Waals surface area contributed by atoms with Crippen molar-refractivity contribution in [3.05, 3.63) is 54.1 Å². The minimum absolute atomic E-state index is 0. The molecule has 0 radical (unpaired) electrons. The van der Waals surface area contributed by atoms with E-state index in [4.69, 9.17) is 0 Å². The first-order valence-corrected chi connectivity index (χ1v) is 6.56. The van der Waals surface area contributed by atoms with Crippen LogP contribution in [0.25, 0.3) is 11.1 Å². The fourth-order valence-corrected chi connectivity index (χ4v) is 3.60. The molecule has 0 spiro atoms. The molecule has 3 rings (SSSR count). The van der Waals surface area contributed by atoms with Crippen LogP contribution in [-0.2, 0) is 9.54 Å². The molecule has 1 N–H and O–H groups in total. The molecule has 0 bridgehead atoms. The van der Waals surface area contributed by atoms with Crippen LogP contribution < -0.4 is 0 Å². The number of carboxylic acids is 1. The zero-order chi connectivity index (χ0) is 12.8. The summed E-state index contributed by atoms with van der Waals surface area (Å²) in [5, 5.41) is 9.55. The molecular formula is C15H13NaO2S. The summed E-state index contributed by atoms with van der Waals surface area (Å²) in [5.41, 5.74) is 3.02. The molecule has 19 heavy (non-hydrogen) atoms. The Bertz CT molecular complexity index is 642. The van der Waals surface area contributed by atoms with Crippen LogP contribution in [0.3, 0.4) is 0 Å². The van der Waals surface area contributed by atoms with Gasteiger partial charge in [0.05, 0.1) is 0 Å². The number of aliphatic carboxylic acids is 1. The van der Waals surface area contributed by atoms with Gasteiger partial charge in [0.1, 0.15) is 4.75 Å².